The van der Waals surface area contributed by atoms with E-state index < -0.39 is 5.54 Å². The quantitative estimate of drug-likeness (QED) is 0.677. The molecule has 0 fully saturated rings. The van der Waals surface area contributed by atoms with Gasteiger partial charge in [0.05, 0.1) is 7.11 Å². The van der Waals surface area contributed by atoms with Crippen LogP contribution in [0, 0.1) is 0 Å². The summed E-state index contributed by atoms with van der Waals surface area (Å²) < 4.78 is 4.87. The number of methoxy groups -OCH3 is 1. The topological polar surface area (TPSA) is 41.6 Å². The molecule has 0 aliphatic heterocycles. The first-order valence-corrected chi connectivity index (χ1v) is 6.81. The van der Waals surface area contributed by atoms with Crippen LogP contribution in [0.3, 0.4) is 0 Å². The summed E-state index contributed by atoms with van der Waals surface area (Å²) in [4.78, 5) is 14.2. The molecule has 0 aromatic carbocycles. The highest BCUT2D eigenvalue weighted by molar-refractivity contribution is 5.80. The predicted molar refractivity (Wildman–Crippen MR) is 75.7 cm³/mol. The second kappa shape index (κ2) is 7.74. The third-order valence-electron chi connectivity index (χ3n) is 3.99. The van der Waals surface area contributed by atoms with Crippen LogP contribution < -0.4 is 5.32 Å². The normalized spacial score (nSPS) is 18.2. The molecular weight excluding hydrogens is 228 g/mol. The number of nitrogens with one attached hydrogen (secondary N) is 1. The number of carbonyl (C=O) groups excluding carboxylic acids is 1. The molecule has 0 aromatic rings. The number of hydrogen-bond donors (Lipinski definition) is 1. The molecular formula is C14H30N2O2. The van der Waals surface area contributed by atoms with Gasteiger partial charge in [-0.2, -0.15) is 0 Å². The zero-order valence-electron chi connectivity index (χ0n) is 13.0. The van der Waals surface area contributed by atoms with Gasteiger partial charge in [-0.25, -0.2) is 0 Å². The molecule has 0 spiro atoms. The SMILES string of the molecule is CCCC(C)N(C)C(C)CC(C)(NC)C(=O)OC. The lowest BCUT2D eigenvalue weighted by atomic mass is 9.92. The molecule has 108 valence electrons. The molecule has 0 heterocycles. The highest BCUT2D eigenvalue weighted by atomic mass is 16.5. The Morgan fingerprint density at radius 1 is 1.39 bits per heavy atom. The Morgan fingerprint density at radius 2 is 1.94 bits per heavy atom. The Hall–Kier alpha value is -0.610. The third kappa shape index (κ3) is 4.58. The minimum absolute atomic E-state index is 0.201. The standard InChI is InChI=1S/C14H30N2O2/c1-8-9-11(2)16(6)12(3)10-14(4,15-5)13(17)18-7/h11-12,15H,8-10H2,1-7H3. The molecule has 0 bridgehead atoms. The Kier molecular flexibility index (Phi) is 7.48. The van der Waals surface area contributed by atoms with Gasteiger partial charge in [0.25, 0.3) is 0 Å². The Morgan fingerprint density at radius 3 is 2.33 bits per heavy atom. The zero-order valence-corrected chi connectivity index (χ0v) is 13.0. The van der Waals surface area contributed by atoms with Gasteiger partial charge >= 0.3 is 5.97 Å². The molecule has 3 unspecified atom stereocenters. The van der Waals surface area contributed by atoms with Crippen LogP contribution in [-0.2, 0) is 9.53 Å². The van der Waals surface area contributed by atoms with Crippen LogP contribution in [0.5, 0.6) is 0 Å². The van der Waals surface area contributed by atoms with Gasteiger partial charge in [0.1, 0.15) is 5.54 Å². The molecule has 0 saturated heterocycles. The first-order valence-electron chi connectivity index (χ1n) is 6.81. The van der Waals surface area contributed by atoms with Crippen molar-refractivity contribution in [3.63, 3.8) is 0 Å². The molecule has 4 heteroatoms. The van der Waals surface area contributed by atoms with Crippen molar-refractivity contribution >= 4 is 5.97 Å². The van der Waals surface area contributed by atoms with E-state index in [4.69, 9.17) is 4.74 Å². The second-order valence-corrected chi connectivity index (χ2v) is 5.43. The molecule has 0 radical (unpaired) electrons. The Balaban J connectivity index is 4.60. The molecule has 3 atom stereocenters. The summed E-state index contributed by atoms with van der Waals surface area (Å²) >= 11 is 0. The lowest BCUT2D eigenvalue weighted by Gasteiger charge is -2.36. The highest BCUT2D eigenvalue weighted by Gasteiger charge is 2.35. The monoisotopic (exact) mass is 258 g/mol. The van der Waals surface area contributed by atoms with E-state index in [1.54, 1.807) is 7.05 Å². The summed E-state index contributed by atoms with van der Waals surface area (Å²) in [6.45, 7) is 8.48. The molecule has 1 N–H and O–H groups in total. The van der Waals surface area contributed by atoms with Crippen LogP contribution in [0.4, 0.5) is 0 Å². The Labute approximate surface area is 112 Å². The van der Waals surface area contributed by atoms with Crippen LogP contribution in [0.15, 0.2) is 0 Å². The minimum atomic E-state index is -0.617. The van der Waals surface area contributed by atoms with Crippen molar-refractivity contribution in [2.45, 2.75) is 64.6 Å². The van der Waals surface area contributed by atoms with Crippen molar-refractivity contribution < 1.29 is 9.53 Å². The first-order chi connectivity index (χ1) is 8.32. The third-order valence-corrected chi connectivity index (χ3v) is 3.99. The maximum Gasteiger partial charge on any atom is 0.325 e. The molecule has 18 heavy (non-hydrogen) atoms. The van der Waals surface area contributed by atoms with Crippen molar-refractivity contribution in [3.8, 4) is 0 Å². The van der Waals surface area contributed by atoms with Crippen LogP contribution in [0.25, 0.3) is 0 Å². The number of esters is 1. The smallest absolute Gasteiger partial charge is 0.325 e. The number of likely N-dealkylation sites (N-methyl/N-ethyl adjacent to an activating group) is 1. The minimum Gasteiger partial charge on any atom is -0.468 e. The summed E-state index contributed by atoms with van der Waals surface area (Å²) in [5, 5.41) is 3.08. The zero-order chi connectivity index (χ0) is 14.3. The van der Waals surface area contributed by atoms with Gasteiger partial charge in [0.2, 0.25) is 0 Å². The van der Waals surface area contributed by atoms with E-state index in [-0.39, 0.29) is 5.97 Å². The summed E-state index contributed by atoms with van der Waals surface area (Å²) in [6.07, 6.45) is 3.09. The van der Waals surface area contributed by atoms with E-state index in [1.807, 2.05) is 6.92 Å². The fourth-order valence-electron chi connectivity index (χ4n) is 2.30. The van der Waals surface area contributed by atoms with Crippen molar-refractivity contribution in [1.82, 2.24) is 10.2 Å². The molecule has 0 amide bonds. The highest BCUT2D eigenvalue weighted by Crippen LogP contribution is 2.19. The average molecular weight is 258 g/mol. The van der Waals surface area contributed by atoms with Gasteiger partial charge in [-0.05, 0) is 47.7 Å². The van der Waals surface area contributed by atoms with Gasteiger partial charge in [0, 0.05) is 12.1 Å². The van der Waals surface area contributed by atoms with Crippen molar-refractivity contribution in [3.05, 3.63) is 0 Å². The van der Waals surface area contributed by atoms with E-state index in [1.165, 1.54) is 20.0 Å². The van der Waals surface area contributed by atoms with Crippen LogP contribution in [0.1, 0.15) is 47.0 Å². The average Bonchev–Trinajstić information content (AvgIpc) is 2.36. The predicted octanol–water partition coefficient (Wildman–Crippen LogP) is 2.04. The maximum absolute atomic E-state index is 11.8. The first kappa shape index (κ1) is 17.4. The van der Waals surface area contributed by atoms with E-state index in [0.29, 0.717) is 12.1 Å². The number of rotatable bonds is 8. The number of carbonyl (C=O) groups is 1. The van der Waals surface area contributed by atoms with Gasteiger partial charge in [-0.1, -0.05) is 13.3 Å². The maximum atomic E-state index is 11.8. The van der Waals surface area contributed by atoms with Gasteiger partial charge in [0.15, 0.2) is 0 Å². The molecule has 0 rings (SSSR count). The van der Waals surface area contributed by atoms with Gasteiger partial charge in [-0.15, -0.1) is 0 Å². The van der Waals surface area contributed by atoms with Gasteiger partial charge < -0.3 is 15.0 Å². The lowest BCUT2D eigenvalue weighted by Crippen LogP contribution is -2.53. The Bertz CT molecular complexity index is 258. The number of nitrogens with zero attached hydrogens (tertiary/aromatic N) is 1. The largest absolute Gasteiger partial charge is 0.468 e. The van der Waals surface area contributed by atoms with E-state index in [9.17, 15) is 4.79 Å². The number of ether oxygens (including phenoxy) is 1. The molecule has 4 nitrogen and oxygen atoms in total. The van der Waals surface area contributed by atoms with Crippen LogP contribution >= 0.6 is 0 Å². The summed E-state index contributed by atoms with van der Waals surface area (Å²) in [5.74, 6) is -0.201. The molecule has 0 saturated carbocycles. The number of hydrogen-bond acceptors (Lipinski definition) is 4. The van der Waals surface area contributed by atoms with Crippen LogP contribution in [0.2, 0.25) is 0 Å². The van der Waals surface area contributed by atoms with Crippen LogP contribution in [-0.4, -0.2) is 49.7 Å². The van der Waals surface area contributed by atoms with E-state index >= 15 is 0 Å². The summed E-state index contributed by atoms with van der Waals surface area (Å²) in [7, 11) is 5.36. The van der Waals surface area contributed by atoms with Crippen molar-refractivity contribution in [2.75, 3.05) is 21.2 Å². The van der Waals surface area contributed by atoms with Crippen molar-refractivity contribution in [1.29, 1.82) is 0 Å². The lowest BCUT2D eigenvalue weighted by molar-refractivity contribution is -0.148. The van der Waals surface area contributed by atoms with Crippen molar-refractivity contribution in [2.24, 2.45) is 0 Å². The summed E-state index contributed by atoms with van der Waals surface area (Å²) in [6, 6.07) is 0.854. The molecule has 0 aromatic heterocycles. The van der Waals surface area contributed by atoms with E-state index in [0.717, 1.165) is 6.42 Å². The van der Waals surface area contributed by atoms with Gasteiger partial charge in [-0.3, -0.25) is 4.79 Å². The summed E-state index contributed by atoms with van der Waals surface area (Å²) in [5.41, 5.74) is -0.617. The molecule has 0 aliphatic carbocycles. The fraction of sp³-hybridized carbons (Fsp3) is 0.929. The fourth-order valence-corrected chi connectivity index (χ4v) is 2.30. The van der Waals surface area contributed by atoms with E-state index in [2.05, 4.69) is 38.0 Å². The molecule has 0 aliphatic rings. The second-order valence-electron chi connectivity index (χ2n) is 5.43.